The fourth-order valence-electron chi connectivity index (χ4n) is 3.20. The van der Waals surface area contributed by atoms with Gasteiger partial charge in [0.25, 0.3) is 0 Å². The van der Waals surface area contributed by atoms with E-state index in [1.54, 1.807) is 23.1 Å². The summed E-state index contributed by atoms with van der Waals surface area (Å²) in [7, 11) is 0. The van der Waals surface area contributed by atoms with Gasteiger partial charge >= 0.3 is 0 Å². The van der Waals surface area contributed by atoms with Gasteiger partial charge in [0.2, 0.25) is 11.8 Å². The number of rotatable bonds is 6. The zero-order valence-corrected chi connectivity index (χ0v) is 15.3. The van der Waals surface area contributed by atoms with E-state index in [1.807, 2.05) is 24.3 Å². The van der Waals surface area contributed by atoms with Crippen molar-refractivity contribution in [3.63, 3.8) is 0 Å². The lowest BCUT2D eigenvalue weighted by atomic mass is 10.1. The first-order valence-electron chi connectivity index (χ1n) is 9.25. The molecule has 0 unspecified atom stereocenters. The molecule has 6 nitrogen and oxygen atoms in total. The first kappa shape index (κ1) is 18.8. The lowest BCUT2D eigenvalue weighted by Gasteiger charge is -2.36. The number of nitrogens with one attached hydrogen (secondary N) is 1. The normalized spacial score (nSPS) is 14.1. The Kier molecular flexibility index (Phi) is 6.30. The predicted octanol–water partition coefficient (Wildman–Crippen LogP) is 1.79. The number of para-hydroxylation sites is 2. The van der Waals surface area contributed by atoms with Gasteiger partial charge in [-0.3, -0.25) is 9.59 Å². The molecular formula is C21H25N3O3. The number of amides is 2. The van der Waals surface area contributed by atoms with Gasteiger partial charge in [0.1, 0.15) is 5.75 Å². The number of aromatic hydroxyl groups is 1. The van der Waals surface area contributed by atoms with Crippen LogP contribution in [0.25, 0.3) is 0 Å². The maximum Gasteiger partial charge on any atom is 0.242 e. The van der Waals surface area contributed by atoms with Crippen molar-refractivity contribution < 1.29 is 14.7 Å². The summed E-state index contributed by atoms with van der Waals surface area (Å²) in [5.74, 6) is -0.0502. The van der Waals surface area contributed by atoms with Crippen LogP contribution < -0.4 is 10.2 Å². The third kappa shape index (κ3) is 5.23. The topological polar surface area (TPSA) is 72.9 Å². The molecule has 1 aliphatic rings. The fourth-order valence-corrected chi connectivity index (χ4v) is 3.20. The number of benzene rings is 2. The van der Waals surface area contributed by atoms with E-state index < -0.39 is 0 Å². The summed E-state index contributed by atoms with van der Waals surface area (Å²) >= 11 is 0. The second kappa shape index (κ2) is 9.07. The molecule has 6 heteroatoms. The molecule has 2 N–H and O–H groups in total. The van der Waals surface area contributed by atoms with E-state index in [0.29, 0.717) is 19.5 Å². The molecule has 0 atom stereocenters. The van der Waals surface area contributed by atoms with Crippen LogP contribution in [0.2, 0.25) is 0 Å². The highest BCUT2D eigenvalue weighted by Crippen LogP contribution is 2.17. The van der Waals surface area contributed by atoms with E-state index in [4.69, 9.17) is 0 Å². The second-order valence-corrected chi connectivity index (χ2v) is 6.61. The molecule has 2 amide bonds. The number of carbonyl (C=O) groups is 2. The van der Waals surface area contributed by atoms with Crippen molar-refractivity contribution in [1.29, 1.82) is 0 Å². The van der Waals surface area contributed by atoms with Gasteiger partial charge in [-0.25, -0.2) is 0 Å². The predicted molar refractivity (Wildman–Crippen MR) is 105 cm³/mol. The van der Waals surface area contributed by atoms with E-state index in [9.17, 15) is 14.7 Å². The highest BCUT2D eigenvalue weighted by molar-refractivity contribution is 5.85. The first-order valence-corrected chi connectivity index (χ1v) is 9.25. The Morgan fingerprint density at radius 2 is 1.59 bits per heavy atom. The number of hydrogen-bond acceptors (Lipinski definition) is 4. The van der Waals surface area contributed by atoms with Crippen molar-refractivity contribution in [2.45, 2.75) is 12.8 Å². The molecule has 2 aromatic carbocycles. The van der Waals surface area contributed by atoms with Crippen LogP contribution in [0, 0.1) is 0 Å². The summed E-state index contributed by atoms with van der Waals surface area (Å²) < 4.78 is 0. The van der Waals surface area contributed by atoms with Gasteiger partial charge in [-0.15, -0.1) is 0 Å². The number of piperazine rings is 1. The van der Waals surface area contributed by atoms with Crippen LogP contribution in [-0.2, 0) is 16.0 Å². The standard InChI is InChI=1S/C21H25N3O3/c25-19-9-5-4-6-17(19)10-11-20(26)22-16-21(27)24-14-12-23(13-15-24)18-7-2-1-3-8-18/h1-9,25H,10-16H2,(H,22,26). The lowest BCUT2D eigenvalue weighted by molar-refractivity contribution is -0.133. The molecule has 0 bridgehead atoms. The van der Waals surface area contributed by atoms with Crippen molar-refractivity contribution in [3.05, 3.63) is 60.2 Å². The average Bonchev–Trinajstić information content (AvgIpc) is 2.72. The Labute approximate surface area is 159 Å². The summed E-state index contributed by atoms with van der Waals surface area (Å²) in [5, 5.41) is 12.4. The molecule has 1 saturated heterocycles. The third-order valence-corrected chi connectivity index (χ3v) is 4.80. The van der Waals surface area contributed by atoms with Gasteiger partial charge in [0, 0.05) is 38.3 Å². The Morgan fingerprint density at radius 1 is 0.926 bits per heavy atom. The SMILES string of the molecule is O=C(CCc1ccccc1O)NCC(=O)N1CCN(c2ccccc2)CC1. The highest BCUT2D eigenvalue weighted by atomic mass is 16.3. The zero-order chi connectivity index (χ0) is 19.1. The van der Waals surface area contributed by atoms with Crippen molar-refractivity contribution in [2.75, 3.05) is 37.6 Å². The summed E-state index contributed by atoms with van der Waals surface area (Å²) in [6.07, 6.45) is 0.690. The summed E-state index contributed by atoms with van der Waals surface area (Å²) in [4.78, 5) is 28.4. The number of phenols is 1. The van der Waals surface area contributed by atoms with Gasteiger partial charge in [-0.05, 0) is 30.2 Å². The van der Waals surface area contributed by atoms with Gasteiger partial charge < -0.3 is 20.2 Å². The Bertz CT molecular complexity index is 771. The van der Waals surface area contributed by atoms with Gasteiger partial charge in [0.05, 0.1) is 6.54 Å². The molecule has 0 aromatic heterocycles. The van der Waals surface area contributed by atoms with Crippen LogP contribution in [0.1, 0.15) is 12.0 Å². The van der Waals surface area contributed by atoms with Crippen molar-refractivity contribution >= 4 is 17.5 Å². The average molecular weight is 367 g/mol. The van der Waals surface area contributed by atoms with Gasteiger partial charge in [0.15, 0.2) is 0 Å². The minimum atomic E-state index is -0.186. The molecule has 1 fully saturated rings. The molecule has 0 spiro atoms. The molecule has 142 valence electrons. The Morgan fingerprint density at radius 3 is 2.30 bits per heavy atom. The van der Waals surface area contributed by atoms with E-state index >= 15 is 0 Å². The van der Waals surface area contributed by atoms with Gasteiger partial charge in [-0.2, -0.15) is 0 Å². The quantitative estimate of drug-likeness (QED) is 0.817. The minimum absolute atomic E-state index is 0.0188. The maximum absolute atomic E-state index is 12.3. The molecule has 3 rings (SSSR count). The molecular weight excluding hydrogens is 342 g/mol. The fraction of sp³-hybridized carbons (Fsp3) is 0.333. The maximum atomic E-state index is 12.3. The van der Waals surface area contributed by atoms with Crippen LogP contribution >= 0.6 is 0 Å². The summed E-state index contributed by atoms with van der Waals surface area (Å²) in [6.45, 7) is 2.90. The second-order valence-electron chi connectivity index (χ2n) is 6.61. The minimum Gasteiger partial charge on any atom is -0.508 e. The molecule has 0 radical (unpaired) electrons. The van der Waals surface area contributed by atoms with Crippen LogP contribution in [-0.4, -0.2) is 54.5 Å². The van der Waals surface area contributed by atoms with E-state index in [-0.39, 0.29) is 30.5 Å². The molecule has 0 aliphatic carbocycles. The number of hydrogen-bond donors (Lipinski definition) is 2. The van der Waals surface area contributed by atoms with Crippen LogP contribution in [0.5, 0.6) is 5.75 Å². The van der Waals surface area contributed by atoms with Crippen LogP contribution in [0.4, 0.5) is 5.69 Å². The zero-order valence-electron chi connectivity index (χ0n) is 15.3. The first-order chi connectivity index (χ1) is 13.1. The number of phenolic OH excluding ortho intramolecular Hbond substituents is 1. The molecule has 27 heavy (non-hydrogen) atoms. The van der Waals surface area contributed by atoms with E-state index in [1.165, 1.54) is 5.69 Å². The van der Waals surface area contributed by atoms with Crippen LogP contribution in [0.15, 0.2) is 54.6 Å². The Balaban J connectivity index is 1.38. The number of nitrogens with zero attached hydrogens (tertiary/aromatic N) is 2. The Hall–Kier alpha value is -3.02. The number of aryl methyl sites for hydroxylation is 1. The molecule has 2 aromatic rings. The van der Waals surface area contributed by atoms with Crippen LogP contribution in [0.3, 0.4) is 0 Å². The molecule has 1 aliphatic heterocycles. The monoisotopic (exact) mass is 367 g/mol. The van der Waals surface area contributed by atoms with Gasteiger partial charge in [-0.1, -0.05) is 36.4 Å². The smallest absolute Gasteiger partial charge is 0.242 e. The molecule has 0 saturated carbocycles. The highest BCUT2D eigenvalue weighted by Gasteiger charge is 2.21. The number of anilines is 1. The molecule has 1 heterocycles. The van der Waals surface area contributed by atoms with Crippen molar-refractivity contribution in [2.24, 2.45) is 0 Å². The lowest BCUT2D eigenvalue weighted by Crippen LogP contribution is -2.51. The van der Waals surface area contributed by atoms with Crippen molar-refractivity contribution in [3.8, 4) is 5.75 Å². The van der Waals surface area contributed by atoms with E-state index in [2.05, 4.69) is 22.3 Å². The number of carbonyl (C=O) groups excluding carboxylic acids is 2. The summed E-state index contributed by atoms with van der Waals surface area (Å²) in [6, 6.07) is 17.1. The van der Waals surface area contributed by atoms with Crippen molar-refractivity contribution in [1.82, 2.24) is 10.2 Å². The third-order valence-electron chi connectivity index (χ3n) is 4.80. The largest absolute Gasteiger partial charge is 0.508 e. The summed E-state index contributed by atoms with van der Waals surface area (Å²) in [5.41, 5.74) is 1.90. The van der Waals surface area contributed by atoms with E-state index in [0.717, 1.165) is 18.7 Å².